The van der Waals surface area contributed by atoms with Crippen LogP contribution in [0.4, 0.5) is 5.69 Å². The van der Waals surface area contributed by atoms with E-state index in [9.17, 15) is 9.59 Å². The zero-order valence-electron chi connectivity index (χ0n) is 16.3. The molecule has 2 N–H and O–H groups in total. The van der Waals surface area contributed by atoms with Crippen LogP contribution in [0.5, 0.6) is 5.75 Å². The first-order chi connectivity index (χ1) is 14.0. The molecule has 6 nitrogen and oxygen atoms in total. The predicted octanol–water partition coefficient (Wildman–Crippen LogP) is 3.97. The minimum atomic E-state index is -0.666. The van der Waals surface area contributed by atoms with Gasteiger partial charge in [0.15, 0.2) is 6.61 Å². The first kappa shape index (κ1) is 20.5. The molecule has 2 amide bonds. The fourth-order valence-electron chi connectivity index (χ4n) is 2.70. The maximum atomic E-state index is 12.7. The zero-order chi connectivity index (χ0) is 20.6. The van der Waals surface area contributed by atoms with Gasteiger partial charge in [-0.1, -0.05) is 32.0 Å². The molecule has 0 bridgehead atoms. The van der Waals surface area contributed by atoms with Crippen molar-refractivity contribution in [3.8, 4) is 16.3 Å². The zero-order valence-corrected chi connectivity index (χ0v) is 17.1. The minimum absolute atomic E-state index is 0.0785. The number of aromatic nitrogens is 1. The standard InChI is InChI=1S/C22H23N3O3S/c1-15(2)20(25-19(26)14-28-18-6-4-3-5-7-18)21(27)24-17-10-8-16(9-11-17)22-23-12-13-29-22/h3-13,15,20H,14H2,1-2H3,(H,24,27)(H,25,26)/t20-/m1/s1. The van der Waals surface area contributed by atoms with E-state index in [0.29, 0.717) is 11.4 Å². The van der Waals surface area contributed by atoms with E-state index in [-0.39, 0.29) is 24.3 Å². The molecule has 7 heteroatoms. The van der Waals surface area contributed by atoms with Crippen LogP contribution in [0.3, 0.4) is 0 Å². The molecule has 1 heterocycles. The molecule has 3 aromatic rings. The van der Waals surface area contributed by atoms with Crippen molar-refractivity contribution in [1.82, 2.24) is 10.3 Å². The summed E-state index contributed by atoms with van der Waals surface area (Å²) < 4.78 is 5.45. The number of hydrogen-bond donors (Lipinski definition) is 2. The summed E-state index contributed by atoms with van der Waals surface area (Å²) in [5, 5.41) is 8.46. The van der Waals surface area contributed by atoms with Crippen molar-refractivity contribution in [2.45, 2.75) is 19.9 Å². The second-order valence-electron chi connectivity index (χ2n) is 6.79. The number of rotatable bonds is 8. The number of anilines is 1. The number of carbonyl (C=O) groups excluding carboxylic acids is 2. The second-order valence-corrected chi connectivity index (χ2v) is 7.69. The Kier molecular flexibility index (Phi) is 6.97. The first-order valence-electron chi connectivity index (χ1n) is 9.31. The van der Waals surface area contributed by atoms with Crippen LogP contribution in [0.15, 0.2) is 66.2 Å². The van der Waals surface area contributed by atoms with Crippen LogP contribution in [0.1, 0.15) is 13.8 Å². The van der Waals surface area contributed by atoms with E-state index < -0.39 is 6.04 Å². The molecule has 0 saturated carbocycles. The smallest absolute Gasteiger partial charge is 0.258 e. The summed E-state index contributed by atoms with van der Waals surface area (Å²) in [5.41, 5.74) is 1.65. The van der Waals surface area contributed by atoms with Crippen molar-refractivity contribution < 1.29 is 14.3 Å². The molecular weight excluding hydrogens is 386 g/mol. The molecular formula is C22H23N3O3S. The SMILES string of the molecule is CC(C)[C@@H](NC(=O)COc1ccccc1)C(=O)Nc1ccc(-c2nccs2)cc1. The number of para-hydroxylation sites is 1. The van der Waals surface area contributed by atoms with E-state index in [2.05, 4.69) is 15.6 Å². The topological polar surface area (TPSA) is 80.3 Å². The molecule has 2 aromatic carbocycles. The molecule has 150 valence electrons. The van der Waals surface area contributed by atoms with E-state index in [1.165, 1.54) is 0 Å². The lowest BCUT2D eigenvalue weighted by Crippen LogP contribution is -2.48. The number of nitrogens with zero attached hydrogens (tertiary/aromatic N) is 1. The van der Waals surface area contributed by atoms with E-state index in [1.807, 2.05) is 61.7 Å². The van der Waals surface area contributed by atoms with Crippen LogP contribution in [0, 0.1) is 5.92 Å². The van der Waals surface area contributed by atoms with Gasteiger partial charge in [0.2, 0.25) is 5.91 Å². The Hall–Kier alpha value is -3.19. The summed E-state index contributed by atoms with van der Waals surface area (Å²) in [4.78, 5) is 29.2. The summed E-state index contributed by atoms with van der Waals surface area (Å²) in [5.74, 6) is -0.0873. The summed E-state index contributed by atoms with van der Waals surface area (Å²) in [6, 6.07) is 15.9. The van der Waals surface area contributed by atoms with Gasteiger partial charge in [-0.25, -0.2) is 4.98 Å². The number of carbonyl (C=O) groups is 2. The van der Waals surface area contributed by atoms with Crippen LogP contribution < -0.4 is 15.4 Å². The number of ether oxygens (including phenoxy) is 1. The van der Waals surface area contributed by atoms with Gasteiger partial charge in [0.1, 0.15) is 16.8 Å². The molecule has 0 spiro atoms. The third-order valence-electron chi connectivity index (χ3n) is 4.21. The Bertz CT molecular complexity index is 926. The molecule has 3 rings (SSSR count). The van der Waals surface area contributed by atoms with Gasteiger partial charge in [-0.15, -0.1) is 11.3 Å². The summed E-state index contributed by atoms with van der Waals surface area (Å²) in [6.45, 7) is 3.62. The van der Waals surface area contributed by atoms with Crippen molar-refractivity contribution in [2.24, 2.45) is 5.92 Å². The third kappa shape index (κ3) is 5.89. The molecule has 0 saturated heterocycles. The lowest BCUT2D eigenvalue weighted by molar-refractivity contribution is -0.128. The normalized spacial score (nSPS) is 11.7. The summed E-state index contributed by atoms with van der Waals surface area (Å²) >= 11 is 1.56. The number of hydrogen-bond acceptors (Lipinski definition) is 5. The Morgan fingerprint density at radius 2 is 1.79 bits per heavy atom. The fourth-order valence-corrected chi connectivity index (χ4v) is 3.34. The highest BCUT2D eigenvalue weighted by atomic mass is 32.1. The maximum Gasteiger partial charge on any atom is 0.258 e. The second kappa shape index (κ2) is 9.84. The van der Waals surface area contributed by atoms with Crippen LogP contribution >= 0.6 is 11.3 Å². The number of amides is 2. The van der Waals surface area contributed by atoms with Crippen molar-refractivity contribution in [3.63, 3.8) is 0 Å². The van der Waals surface area contributed by atoms with Crippen LogP contribution in [0.25, 0.3) is 10.6 Å². The van der Waals surface area contributed by atoms with Crippen LogP contribution in [0.2, 0.25) is 0 Å². The van der Waals surface area contributed by atoms with Gasteiger partial charge < -0.3 is 15.4 Å². The monoisotopic (exact) mass is 409 g/mol. The molecule has 0 aliphatic carbocycles. The van der Waals surface area contributed by atoms with Gasteiger partial charge in [0, 0.05) is 22.8 Å². The van der Waals surface area contributed by atoms with Gasteiger partial charge in [0.25, 0.3) is 5.91 Å². The van der Waals surface area contributed by atoms with Crippen LogP contribution in [-0.2, 0) is 9.59 Å². The largest absolute Gasteiger partial charge is 0.484 e. The third-order valence-corrected chi connectivity index (χ3v) is 5.03. The van der Waals surface area contributed by atoms with Crippen LogP contribution in [-0.4, -0.2) is 29.4 Å². The van der Waals surface area contributed by atoms with E-state index in [0.717, 1.165) is 10.6 Å². The van der Waals surface area contributed by atoms with Crippen molar-refractivity contribution >= 4 is 28.8 Å². The molecule has 0 aliphatic heterocycles. The summed E-state index contributed by atoms with van der Waals surface area (Å²) in [6.07, 6.45) is 1.76. The summed E-state index contributed by atoms with van der Waals surface area (Å²) in [7, 11) is 0. The van der Waals surface area contributed by atoms with Crippen molar-refractivity contribution in [1.29, 1.82) is 0 Å². The van der Waals surface area contributed by atoms with E-state index in [1.54, 1.807) is 29.7 Å². The molecule has 1 atom stereocenters. The fraction of sp³-hybridized carbons (Fsp3) is 0.227. The Morgan fingerprint density at radius 3 is 2.41 bits per heavy atom. The van der Waals surface area contributed by atoms with Crippen molar-refractivity contribution in [2.75, 3.05) is 11.9 Å². The maximum absolute atomic E-state index is 12.7. The highest BCUT2D eigenvalue weighted by Crippen LogP contribution is 2.23. The molecule has 0 radical (unpaired) electrons. The average molecular weight is 410 g/mol. The molecule has 1 aromatic heterocycles. The average Bonchev–Trinajstić information content (AvgIpc) is 3.26. The Labute approximate surface area is 173 Å². The lowest BCUT2D eigenvalue weighted by atomic mass is 10.0. The quantitative estimate of drug-likeness (QED) is 0.590. The number of thiazole rings is 1. The lowest BCUT2D eigenvalue weighted by Gasteiger charge is -2.22. The van der Waals surface area contributed by atoms with Gasteiger partial charge in [-0.2, -0.15) is 0 Å². The molecule has 0 unspecified atom stereocenters. The van der Waals surface area contributed by atoms with E-state index in [4.69, 9.17) is 4.74 Å². The predicted molar refractivity (Wildman–Crippen MR) is 115 cm³/mol. The Morgan fingerprint density at radius 1 is 1.07 bits per heavy atom. The first-order valence-corrected chi connectivity index (χ1v) is 10.2. The molecule has 0 fully saturated rings. The van der Waals surface area contributed by atoms with Crippen molar-refractivity contribution in [3.05, 3.63) is 66.2 Å². The van der Waals surface area contributed by atoms with Gasteiger partial charge in [-0.3, -0.25) is 9.59 Å². The number of benzene rings is 2. The molecule has 0 aliphatic rings. The number of nitrogens with one attached hydrogen (secondary N) is 2. The highest BCUT2D eigenvalue weighted by molar-refractivity contribution is 7.13. The minimum Gasteiger partial charge on any atom is -0.484 e. The van der Waals surface area contributed by atoms with E-state index >= 15 is 0 Å². The highest BCUT2D eigenvalue weighted by Gasteiger charge is 2.24. The Balaban J connectivity index is 1.56. The van der Waals surface area contributed by atoms with Gasteiger partial charge in [0.05, 0.1) is 0 Å². The molecule has 29 heavy (non-hydrogen) atoms. The van der Waals surface area contributed by atoms with Gasteiger partial charge >= 0.3 is 0 Å². The van der Waals surface area contributed by atoms with Gasteiger partial charge in [-0.05, 0) is 42.3 Å².